The highest BCUT2D eigenvalue weighted by Gasteiger charge is 2.14. The van der Waals surface area contributed by atoms with Crippen LogP contribution in [0.3, 0.4) is 0 Å². The zero-order valence-electron chi connectivity index (χ0n) is 18.0. The van der Waals surface area contributed by atoms with Gasteiger partial charge in [0.05, 0.1) is 0 Å². The van der Waals surface area contributed by atoms with Crippen molar-refractivity contribution in [1.82, 2.24) is 25.1 Å². The number of nitrogens with zero attached hydrogens (tertiary/aromatic N) is 4. The van der Waals surface area contributed by atoms with Crippen molar-refractivity contribution in [3.63, 3.8) is 0 Å². The van der Waals surface area contributed by atoms with Crippen LogP contribution in [0, 0.1) is 13.8 Å². The number of allylic oxidation sites excluding steroid dienone is 1. The molecule has 160 valence electrons. The fraction of sp³-hybridized carbons (Fsp3) is 0.227. The lowest BCUT2D eigenvalue weighted by atomic mass is 10.0. The molecule has 0 radical (unpaired) electrons. The predicted octanol–water partition coefficient (Wildman–Crippen LogP) is 2.97. The number of carbonyl (C=O) groups is 2. The summed E-state index contributed by atoms with van der Waals surface area (Å²) in [7, 11) is 3.27. The van der Waals surface area contributed by atoms with Crippen LogP contribution in [0.5, 0.6) is 0 Å². The Hall–Kier alpha value is -4.01. The molecule has 0 spiro atoms. The van der Waals surface area contributed by atoms with Gasteiger partial charge in [-0.3, -0.25) is 14.3 Å². The number of ketones is 1. The van der Waals surface area contributed by atoms with Gasteiger partial charge in [0.25, 0.3) is 5.91 Å². The number of anilines is 4. The van der Waals surface area contributed by atoms with E-state index in [1.807, 2.05) is 32.0 Å². The number of benzene rings is 1. The number of aryl methyl sites for hydroxylation is 3. The van der Waals surface area contributed by atoms with Gasteiger partial charge in [0.2, 0.25) is 5.95 Å². The van der Waals surface area contributed by atoms with Crippen LogP contribution in [0.25, 0.3) is 0 Å². The second-order valence-corrected chi connectivity index (χ2v) is 7.10. The highest BCUT2D eigenvalue weighted by molar-refractivity contribution is 5.93. The van der Waals surface area contributed by atoms with Crippen LogP contribution < -0.4 is 16.0 Å². The Kier molecular flexibility index (Phi) is 6.44. The van der Waals surface area contributed by atoms with E-state index < -0.39 is 0 Å². The average Bonchev–Trinajstić information content (AvgIpc) is 3.11. The Bertz CT molecular complexity index is 1150. The first-order valence-electron chi connectivity index (χ1n) is 9.69. The normalized spacial score (nSPS) is 10.5. The fourth-order valence-corrected chi connectivity index (χ4v) is 2.94. The van der Waals surface area contributed by atoms with E-state index in [0.717, 1.165) is 22.4 Å². The molecule has 1 amide bonds. The predicted molar refractivity (Wildman–Crippen MR) is 120 cm³/mol. The molecule has 3 aromatic rings. The molecule has 0 aliphatic carbocycles. The molecule has 31 heavy (non-hydrogen) atoms. The Balaban J connectivity index is 1.88. The summed E-state index contributed by atoms with van der Waals surface area (Å²) in [6, 6.07) is 7.48. The number of nitrogens with one attached hydrogen (secondary N) is 3. The molecule has 0 unspecified atom stereocenters. The molecular formula is C22H25N7O2. The van der Waals surface area contributed by atoms with Crippen LogP contribution in [0.15, 0.2) is 43.1 Å². The molecular weight excluding hydrogens is 394 g/mol. The maximum Gasteiger partial charge on any atom is 0.271 e. The van der Waals surface area contributed by atoms with Crippen molar-refractivity contribution in [3.8, 4) is 0 Å². The molecule has 3 N–H and O–H groups in total. The Morgan fingerprint density at radius 2 is 1.97 bits per heavy atom. The third-order valence-corrected chi connectivity index (χ3v) is 4.66. The summed E-state index contributed by atoms with van der Waals surface area (Å²) in [6.07, 6.45) is 3.27. The molecule has 0 saturated carbocycles. The van der Waals surface area contributed by atoms with Crippen LogP contribution in [0.2, 0.25) is 0 Å². The van der Waals surface area contributed by atoms with Gasteiger partial charge in [0.15, 0.2) is 11.5 Å². The van der Waals surface area contributed by atoms with Crippen molar-refractivity contribution >= 4 is 35.0 Å². The minimum absolute atomic E-state index is 0.0569. The standard InChI is InChI=1S/C22H25N7O2/c1-6-16(30)10-15-9-13(2)7-8-17(15)25-20-14(3)12-24-22(27-20)26-19-11-18(21(31)23-4)28-29(19)5/h6-9,11-12H,1,10H2,2-5H3,(H,23,31)(H2,24,25,26,27). The van der Waals surface area contributed by atoms with Gasteiger partial charge >= 0.3 is 0 Å². The van der Waals surface area contributed by atoms with Crippen LogP contribution in [-0.2, 0) is 18.3 Å². The van der Waals surface area contributed by atoms with E-state index in [2.05, 4.69) is 37.6 Å². The van der Waals surface area contributed by atoms with Crippen molar-refractivity contribution in [2.24, 2.45) is 7.05 Å². The maximum absolute atomic E-state index is 11.9. The number of aromatic nitrogens is 4. The van der Waals surface area contributed by atoms with Crippen molar-refractivity contribution in [2.45, 2.75) is 20.3 Å². The Labute approximate surface area is 180 Å². The van der Waals surface area contributed by atoms with Gasteiger partial charge in [-0.15, -0.1) is 0 Å². The Morgan fingerprint density at radius 3 is 2.68 bits per heavy atom. The first kappa shape index (κ1) is 21.7. The van der Waals surface area contributed by atoms with Gasteiger partial charge in [-0.05, 0) is 31.6 Å². The lowest BCUT2D eigenvalue weighted by molar-refractivity contribution is -0.114. The summed E-state index contributed by atoms with van der Waals surface area (Å²) in [4.78, 5) is 32.6. The van der Waals surface area contributed by atoms with Gasteiger partial charge in [-0.2, -0.15) is 10.1 Å². The monoisotopic (exact) mass is 419 g/mol. The Morgan fingerprint density at radius 1 is 1.19 bits per heavy atom. The van der Waals surface area contributed by atoms with E-state index in [9.17, 15) is 9.59 Å². The van der Waals surface area contributed by atoms with Gasteiger partial charge in [0.1, 0.15) is 11.6 Å². The highest BCUT2D eigenvalue weighted by Crippen LogP contribution is 2.25. The SMILES string of the molecule is C=CC(=O)Cc1cc(C)ccc1Nc1nc(Nc2cc(C(=O)NC)nn2C)ncc1C. The third kappa shape index (κ3) is 5.13. The van der Waals surface area contributed by atoms with Crippen molar-refractivity contribution in [1.29, 1.82) is 0 Å². The molecule has 0 aliphatic heterocycles. The largest absolute Gasteiger partial charge is 0.354 e. The van der Waals surface area contributed by atoms with Gasteiger partial charge in [-0.25, -0.2) is 4.98 Å². The number of carbonyl (C=O) groups excluding carboxylic acids is 2. The molecule has 0 aliphatic rings. The number of rotatable bonds is 8. The van der Waals surface area contributed by atoms with E-state index in [4.69, 9.17) is 0 Å². The lowest BCUT2D eigenvalue weighted by Crippen LogP contribution is -2.18. The second-order valence-electron chi connectivity index (χ2n) is 7.10. The summed E-state index contributed by atoms with van der Waals surface area (Å²) < 4.78 is 1.54. The lowest BCUT2D eigenvalue weighted by Gasteiger charge is -2.14. The number of hydrogen-bond acceptors (Lipinski definition) is 7. The minimum Gasteiger partial charge on any atom is -0.354 e. The summed E-state index contributed by atoms with van der Waals surface area (Å²) in [6.45, 7) is 7.42. The fourth-order valence-electron chi connectivity index (χ4n) is 2.94. The molecule has 9 heteroatoms. The van der Waals surface area contributed by atoms with Crippen LogP contribution >= 0.6 is 0 Å². The molecule has 0 fully saturated rings. The van der Waals surface area contributed by atoms with Gasteiger partial charge in [-0.1, -0.05) is 24.3 Å². The van der Waals surface area contributed by atoms with Crippen LogP contribution in [0.4, 0.5) is 23.3 Å². The molecule has 9 nitrogen and oxygen atoms in total. The summed E-state index contributed by atoms with van der Waals surface area (Å²) >= 11 is 0. The quantitative estimate of drug-likeness (QED) is 0.481. The van der Waals surface area contributed by atoms with E-state index >= 15 is 0 Å². The first-order chi connectivity index (χ1) is 14.8. The maximum atomic E-state index is 11.9. The van der Waals surface area contributed by atoms with Gasteiger partial charge in [0, 0.05) is 44.0 Å². The molecule has 0 bridgehead atoms. The third-order valence-electron chi connectivity index (χ3n) is 4.66. The molecule has 3 rings (SSSR count). The summed E-state index contributed by atoms with van der Waals surface area (Å²) in [5.41, 5.74) is 3.83. The number of hydrogen-bond donors (Lipinski definition) is 3. The van der Waals surface area contributed by atoms with Crippen molar-refractivity contribution in [3.05, 3.63) is 65.5 Å². The number of amides is 1. The summed E-state index contributed by atoms with van der Waals surface area (Å²) in [5.74, 6) is 1.18. The van der Waals surface area contributed by atoms with E-state index in [1.165, 1.54) is 6.08 Å². The molecule has 2 heterocycles. The topological polar surface area (TPSA) is 114 Å². The van der Waals surface area contributed by atoms with Crippen LogP contribution in [-0.4, -0.2) is 38.5 Å². The zero-order chi connectivity index (χ0) is 22.5. The zero-order valence-corrected chi connectivity index (χ0v) is 18.0. The summed E-state index contributed by atoms with van der Waals surface area (Å²) in [5, 5.41) is 13.1. The average molecular weight is 419 g/mol. The van der Waals surface area contributed by atoms with Crippen LogP contribution in [0.1, 0.15) is 27.2 Å². The second kappa shape index (κ2) is 9.21. The van der Waals surface area contributed by atoms with E-state index in [1.54, 1.807) is 31.0 Å². The smallest absolute Gasteiger partial charge is 0.271 e. The minimum atomic E-state index is -0.281. The first-order valence-corrected chi connectivity index (χ1v) is 9.69. The van der Waals surface area contributed by atoms with E-state index in [-0.39, 0.29) is 23.8 Å². The van der Waals surface area contributed by atoms with Gasteiger partial charge < -0.3 is 16.0 Å². The molecule has 0 atom stereocenters. The molecule has 1 aromatic carbocycles. The molecule has 0 saturated heterocycles. The highest BCUT2D eigenvalue weighted by atomic mass is 16.1. The van der Waals surface area contributed by atoms with E-state index in [0.29, 0.717) is 17.6 Å². The van der Waals surface area contributed by atoms with Crippen molar-refractivity contribution in [2.75, 3.05) is 17.7 Å². The van der Waals surface area contributed by atoms with Crippen molar-refractivity contribution < 1.29 is 9.59 Å². The molecule has 2 aromatic heterocycles.